The molecule has 0 radical (unpaired) electrons. The number of para-hydroxylation sites is 8. The summed E-state index contributed by atoms with van der Waals surface area (Å²) in [7, 11) is 0. The van der Waals surface area contributed by atoms with E-state index in [1.807, 2.05) is 12.1 Å². The molecule has 0 saturated carbocycles. The molecule has 0 aliphatic carbocycles. The first kappa shape index (κ1) is 37.4. The van der Waals surface area contributed by atoms with Crippen molar-refractivity contribution in [2.45, 2.75) is 0 Å². The van der Waals surface area contributed by atoms with Gasteiger partial charge in [-0.15, -0.1) is 0 Å². The van der Waals surface area contributed by atoms with Gasteiger partial charge in [0.2, 0.25) is 11.6 Å². The SMILES string of the molecule is c1ccc(-c2cccc3c2oc2c(-n4c5ccc(-c6ccc7c(c6)n6c8ccccc8nc6n7-c6cccc7c6oc6c(-c8ccccc8)cccc67)cc5n5c6ccccc6nc45)cccc23)cc1. The molecule has 6 heterocycles. The zero-order valence-corrected chi connectivity index (χ0v) is 37.3. The lowest BCUT2D eigenvalue weighted by molar-refractivity contribution is 0.667. The fourth-order valence-electron chi connectivity index (χ4n) is 11.3. The van der Waals surface area contributed by atoms with E-state index >= 15 is 0 Å². The summed E-state index contributed by atoms with van der Waals surface area (Å²) in [6, 6.07) is 76.9. The first-order valence-electron chi connectivity index (χ1n) is 23.6. The van der Waals surface area contributed by atoms with Crippen LogP contribution in [0.3, 0.4) is 0 Å². The number of aromatic nitrogens is 6. The van der Waals surface area contributed by atoms with Gasteiger partial charge in [-0.05, 0) is 82.9 Å². The lowest BCUT2D eigenvalue weighted by Crippen LogP contribution is -1.96. The van der Waals surface area contributed by atoms with Crippen molar-refractivity contribution in [1.29, 1.82) is 0 Å². The van der Waals surface area contributed by atoms with Crippen molar-refractivity contribution in [2.75, 3.05) is 0 Å². The molecule has 0 aliphatic rings. The first-order valence-corrected chi connectivity index (χ1v) is 23.6. The van der Waals surface area contributed by atoms with Crippen molar-refractivity contribution in [3.05, 3.63) is 218 Å². The summed E-state index contributed by atoms with van der Waals surface area (Å²) < 4.78 is 23.1. The Balaban J connectivity index is 0.914. The van der Waals surface area contributed by atoms with Crippen molar-refractivity contribution in [2.24, 2.45) is 0 Å². The van der Waals surface area contributed by atoms with Crippen LogP contribution in [0.15, 0.2) is 227 Å². The summed E-state index contributed by atoms with van der Waals surface area (Å²) in [4.78, 5) is 10.6. The van der Waals surface area contributed by atoms with Crippen molar-refractivity contribution >= 4 is 99.6 Å². The molecule has 0 fully saturated rings. The Morgan fingerprint density at radius 2 is 0.686 bits per heavy atom. The topological polar surface area (TPSA) is 70.7 Å². The summed E-state index contributed by atoms with van der Waals surface area (Å²) in [6.07, 6.45) is 0. The summed E-state index contributed by atoms with van der Waals surface area (Å²) in [5, 5.41) is 4.28. The van der Waals surface area contributed by atoms with Crippen LogP contribution in [-0.4, -0.2) is 27.9 Å². The highest BCUT2D eigenvalue weighted by Crippen LogP contribution is 2.43. The van der Waals surface area contributed by atoms with Crippen LogP contribution >= 0.6 is 0 Å². The van der Waals surface area contributed by atoms with E-state index in [9.17, 15) is 0 Å². The maximum atomic E-state index is 6.98. The number of fused-ring (bicyclic) bond motifs is 16. The predicted molar refractivity (Wildman–Crippen MR) is 283 cm³/mol. The number of nitrogens with zero attached hydrogens (tertiary/aromatic N) is 6. The molecule has 326 valence electrons. The molecule has 8 nitrogen and oxygen atoms in total. The summed E-state index contributed by atoms with van der Waals surface area (Å²) in [5.74, 6) is 1.64. The van der Waals surface area contributed by atoms with Crippen molar-refractivity contribution in [3.63, 3.8) is 0 Å². The Kier molecular flexibility index (Phi) is 7.46. The van der Waals surface area contributed by atoms with E-state index in [0.717, 1.165) is 144 Å². The third-order valence-electron chi connectivity index (χ3n) is 14.4. The van der Waals surface area contributed by atoms with Gasteiger partial charge in [0.15, 0.2) is 11.2 Å². The van der Waals surface area contributed by atoms with Crippen molar-refractivity contribution in [3.8, 4) is 44.8 Å². The smallest absolute Gasteiger partial charge is 0.220 e. The zero-order chi connectivity index (χ0) is 45.6. The van der Waals surface area contributed by atoms with Crippen LogP contribution in [-0.2, 0) is 0 Å². The van der Waals surface area contributed by atoms with Crippen LogP contribution in [0.4, 0.5) is 0 Å². The second kappa shape index (κ2) is 13.9. The number of hydrogen-bond acceptors (Lipinski definition) is 4. The summed E-state index contributed by atoms with van der Waals surface area (Å²) >= 11 is 0. The van der Waals surface area contributed by atoms with Crippen LogP contribution in [0.5, 0.6) is 0 Å². The van der Waals surface area contributed by atoms with E-state index in [1.54, 1.807) is 0 Å². The molecular weight excluding hydrogens is 861 g/mol. The van der Waals surface area contributed by atoms with E-state index in [2.05, 4.69) is 224 Å². The minimum atomic E-state index is 0.818. The molecule has 6 aromatic heterocycles. The van der Waals surface area contributed by atoms with Gasteiger partial charge in [0.1, 0.15) is 11.2 Å². The minimum absolute atomic E-state index is 0.818. The van der Waals surface area contributed by atoms with Gasteiger partial charge in [-0.2, -0.15) is 0 Å². The quantitative estimate of drug-likeness (QED) is 0.173. The lowest BCUT2D eigenvalue weighted by atomic mass is 10.0. The Morgan fingerprint density at radius 1 is 0.286 bits per heavy atom. The number of benzene rings is 10. The number of furan rings is 2. The third-order valence-corrected chi connectivity index (χ3v) is 14.4. The number of imidazole rings is 4. The van der Waals surface area contributed by atoms with Crippen LogP contribution in [0, 0.1) is 0 Å². The Hall–Kier alpha value is -9.66. The molecule has 0 unspecified atom stereocenters. The molecule has 0 spiro atoms. The molecule has 0 aliphatic heterocycles. The maximum Gasteiger partial charge on any atom is 0.220 e. The van der Waals surface area contributed by atoms with Crippen LogP contribution < -0.4 is 0 Å². The third kappa shape index (κ3) is 5.08. The fourth-order valence-corrected chi connectivity index (χ4v) is 11.3. The monoisotopic (exact) mass is 896 g/mol. The van der Waals surface area contributed by atoms with E-state index in [1.165, 1.54) is 0 Å². The van der Waals surface area contributed by atoms with Crippen molar-refractivity contribution in [1.82, 2.24) is 27.9 Å². The van der Waals surface area contributed by atoms with Gasteiger partial charge in [0.25, 0.3) is 0 Å². The van der Waals surface area contributed by atoms with Gasteiger partial charge >= 0.3 is 0 Å². The highest BCUT2D eigenvalue weighted by atomic mass is 16.3. The molecule has 0 amide bonds. The zero-order valence-electron chi connectivity index (χ0n) is 37.3. The van der Waals surface area contributed by atoms with Gasteiger partial charge in [0, 0.05) is 32.7 Å². The lowest BCUT2D eigenvalue weighted by Gasteiger charge is -2.08. The molecule has 0 bridgehead atoms. The van der Waals surface area contributed by atoms with Gasteiger partial charge < -0.3 is 8.83 Å². The Labute approximate surface area is 397 Å². The molecule has 0 saturated heterocycles. The van der Waals surface area contributed by atoms with E-state index in [0.29, 0.717) is 0 Å². The van der Waals surface area contributed by atoms with Gasteiger partial charge in [-0.1, -0.05) is 158 Å². The largest absolute Gasteiger partial charge is 0.453 e. The van der Waals surface area contributed by atoms with Gasteiger partial charge in [-0.25, -0.2) is 9.97 Å². The van der Waals surface area contributed by atoms with Crippen LogP contribution in [0.25, 0.3) is 144 Å². The molecule has 70 heavy (non-hydrogen) atoms. The molecular formula is C62H36N6O2. The summed E-state index contributed by atoms with van der Waals surface area (Å²) in [5.41, 5.74) is 19.8. The molecule has 0 atom stereocenters. The maximum absolute atomic E-state index is 6.98. The van der Waals surface area contributed by atoms with Gasteiger partial charge in [0.05, 0.1) is 55.5 Å². The van der Waals surface area contributed by atoms with Gasteiger partial charge in [-0.3, -0.25) is 17.9 Å². The van der Waals surface area contributed by atoms with Crippen LogP contribution in [0.2, 0.25) is 0 Å². The van der Waals surface area contributed by atoms with E-state index in [-0.39, 0.29) is 0 Å². The molecule has 16 rings (SSSR count). The van der Waals surface area contributed by atoms with E-state index < -0.39 is 0 Å². The Bertz CT molecular complexity index is 4520. The first-order chi connectivity index (χ1) is 34.7. The summed E-state index contributed by atoms with van der Waals surface area (Å²) in [6.45, 7) is 0. The molecule has 8 heteroatoms. The average Bonchev–Trinajstić information content (AvgIpc) is 4.27. The normalized spacial score (nSPS) is 12.3. The van der Waals surface area contributed by atoms with E-state index in [4.69, 9.17) is 18.8 Å². The number of hydrogen-bond donors (Lipinski definition) is 0. The predicted octanol–water partition coefficient (Wildman–Crippen LogP) is 16.0. The standard InChI is InChI=1S/C62H36N6O2/c1-3-15-37(16-4-1)41-19-11-21-43-45-23-13-29-53(59(45)69-57(41)43)67-51-33-31-39(35-55(51)65-49-27-9-7-25-47(49)63-61(65)67)40-32-34-52-56(36-40)66-50-28-10-8-26-48(50)64-62(66)68(52)54-30-14-24-46-44-22-12-20-42(58(44)70-60(46)54)38-17-5-2-6-18-38/h1-36H. The number of rotatable bonds is 5. The molecule has 10 aromatic carbocycles. The molecule has 16 aromatic rings. The minimum Gasteiger partial charge on any atom is -0.453 e. The van der Waals surface area contributed by atoms with Crippen molar-refractivity contribution < 1.29 is 8.83 Å². The fraction of sp³-hybridized carbons (Fsp3) is 0. The highest BCUT2D eigenvalue weighted by molar-refractivity contribution is 6.14. The highest BCUT2D eigenvalue weighted by Gasteiger charge is 2.25. The Morgan fingerprint density at radius 3 is 1.14 bits per heavy atom. The molecule has 0 N–H and O–H groups in total. The average molecular weight is 897 g/mol. The van der Waals surface area contributed by atoms with Crippen LogP contribution in [0.1, 0.15) is 0 Å². The second-order valence-electron chi connectivity index (χ2n) is 18.2. The second-order valence-corrected chi connectivity index (χ2v) is 18.2.